The number of hydrogen-bond acceptors (Lipinski definition) is 6. The van der Waals surface area contributed by atoms with Crippen LogP contribution < -0.4 is 14.2 Å². The van der Waals surface area contributed by atoms with E-state index in [2.05, 4.69) is 4.72 Å². The predicted molar refractivity (Wildman–Crippen MR) is 96.5 cm³/mol. The SMILES string of the molecule is O=C(c1cccc(S(=O)(=O)Nc2ccc3c(c2)OCO3)c1)N1CCOCC1. The summed E-state index contributed by atoms with van der Waals surface area (Å²) in [6.07, 6.45) is 0. The van der Waals surface area contributed by atoms with Gasteiger partial charge < -0.3 is 19.1 Å². The van der Waals surface area contributed by atoms with Crippen LogP contribution in [-0.4, -0.2) is 52.3 Å². The first-order valence-corrected chi connectivity index (χ1v) is 9.91. The molecule has 1 amide bonds. The van der Waals surface area contributed by atoms with Gasteiger partial charge in [0, 0.05) is 24.7 Å². The fraction of sp³-hybridized carbons (Fsp3) is 0.278. The van der Waals surface area contributed by atoms with Crippen LogP contribution in [0.1, 0.15) is 10.4 Å². The standard InChI is InChI=1S/C18H18N2O6S/c21-18(20-6-8-24-9-7-20)13-2-1-3-15(10-13)27(22,23)19-14-4-5-16-17(11-14)26-12-25-16/h1-5,10-11,19H,6-9,12H2. The summed E-state index contributed by atoms with van der Waals surface area (Å²) in [6, 6.07) is 10.8. The molecule has 27 heavy (non-hydrogen) atoms. The van der Waals surface area contributed by atoms with E-state index in [0.29, 0.717) is 49.1 Å². The molecule has 2 aliphatic rings. The number of amides is 1. The van der Waals surface area contributed by atoms with Crippen LogP contribution in [0.15, 0.2) is 47.4 Å². The Morgan fingerprint density at radius 1 is 1.00 bits per heavy atom. The number of sulfonamides is 1. The molecule has 2 aromatic carbocycles. The molecule has 0 saturated carbocycles. The molecule has 1 fully saturated rings. The third-order valence-electron chi connectivity index (χ3n) is 4.31. The third-order valence-corrected chi connectivity index (χ3v) is 5.69. The summed E-state index contributed by atoms with van der Waals surface area (Å²) in [5.74, 6) is 0.834. The van der Waals surface area contributed by atoms with Gasteiger partial charge in [0.15, 0.2) is 11.5 Å². The monoisotopic (exact) mass is 390 g/mol. The highest BCUT2D eigenvalue weighted by molar-refractivity contribution is 7.92. The fourth-order valence-electron chi connectivity index (χ4n) is 2.92. The molecular weight excluding hydrogens is 372 g/mol. The van der Waals surface area contributed by atoms with Gasteiger partial charge in [0.05, 0.1) is 23.8 Å². The van der Waals surface area contributed by atoms with Crippen molar-refractivity contribution in [2.45, 2.75) is 4.90 Å². The number of nitrogens with one attached hydrogen (secondary N) is 1. The van der Waals surface area contributed by atoms with Gasteiger partial charge in [0.25, 0.3) is 15.9 Å². The van der Waals surface area contributed by atoms with E-state index in [-0.39, 0.29) is 17.6 Å². The van der Waals surface area contributed by atoms with Crippen molar-refractivity contribution >= 4 is 21.6 Å². The normalized spacial score (nSPS) is 16.2. The van der Waals surface area contributed by atoms with Crippen molar-refractivity contribution in [3.05, 3.63) is 48.0 Å². The summed E-state index contributed by atoms with van der Waals surface area (Å²) in [5, 5.41) is 0. The molecule has 2 heterocycles. The maximum atomic E-state index is 12.7. The van der Waals surface area contributed by atoms with E-state index in [0.717, 1.165) is 0 Å². The van der Waals surface area contributed by atoms with Gasteiger partial charge >= 0.3 is 0 Å². The first kappa shape index (κ1) is 17.6. The molecule has 0 radical (unpaired) electrons. The van der Waals surface area contributed by atoms with Crippen LogP contribution in [0, 0.1) is 0 Å². The van der Waals surface area contributed by atoms with Crippen LogP contribution in [0.25, 0.3) is 0 Å². The quantitative estimate of drug-likeness (QED) is 0.854. The summed E-state index contributed by atoms with van der Waals surface area (Å²) in [4.78, 5) is 14.3. The van der Waals surface area contributed by atoms with E-state index in [1.54, 1.807) is 35.2 Å². The number of carbonyl (C=O) groups excluding carboxylic acids is 1. The van der Waals surface area contributed by atoms with Crippen molar-refractivity contribution in [3.63, 3.8) is 0 Å². The van der Waals surface area contributed by atoms with Gasteiger partial charge in [-0.05, 0) is 30.3 Å². The zero-order valence-corrected chi connectivity index (χ0v) is 15.2. The van der Waals surface area contributed by atoms with Crippen LogP contribution in [0.2, 0.25) is 0 Å². The molecule has 0 bridgehead atoms. The number of fused-ring (bicyclic) bond motifs is 1. The number of hydrogen-bond donors (Lipinski definition) is 1. The largest absolute Gasteiger partial charge is 0.454 e. The molecule has 0 aliphatic carbocycles. The third kappa shape index (κ3) is 3.69. The first-order valence-electron chi connectivity index (χ1n) is 8.42. The summed E-state index contributed by atoms with van der Waals surface area (Å²) in [7, 11) is -3.86. The molecule has 142 valence electrons. The Bertz CT molecular complexity index is 970. The molecule has 4 rings (SSSR count). The number of anilines is 1. The van der Waals surface area contributed by atoms with Crippen molar-refractivity contribution in [2.24, 2.45) is 0 Å². The lowest BCUT2D eigenvalue weighted by atomic mass is 10.2. The molecule has 0 aromatic heterocycles. The number of morpholine rings is 1. The Morgan fingerprint density at radius 2 is 1.78 bits per heavy atom. The summed E-state index contributed by atoms with van der Waals surface area (Å²) in [5.41, 5.74) is 0.676. The molecule has 9 heteroatoms. The lowest BCUT2D eigenvalue weighted by molar-refractivity contribution is 0.0302. The van der Waals surface area contributed by atoms with Gasteiger partial charge in [-0.2, -0.15) is 0 Å². The van der Waals surface area contributed by atoms with Crippen LogP contribution >= 0.6 is 0 Å². The van der Waals surface area contributed by atoms with Gasteiger partial charge in [-0.3, -0.25) is 9.52 Å². The number of rotatable bonds is 4. The smallest absolute Gasteiger partial charge is 0.261 e. The number of nitrogens with zero attached hydrogens (tertiary/aromatic N) is 1. The van der Waals surface area contributed by atoms with Crippen LogP contribution in [0.4, 0.5) is 5.69 Å². The molecule has 0 unspecified atom stereocenters. The second kappa shape index (κ2) is 7.09. The molecule has 2 aliphatic heterocycles. The minimum atomic E-state index is -3.86. The summed E-state index contributed by atoms with van der Waals surface area (Å²) in [6.45, 7) is 2.05. The zero-order chi connectivity index (χ0) is 18.9. The Labute approximate surface area is 156 Å². The van der Waals surface area contributed by atoms with Gasteiger partial charge in [-0.25, -0.2) is 8.42 Å². The summed E-state index contributed by atoms with van der Waals surface area (Å²) < 4.78 is 43.7. The van der Waals surface area contributed by atoms with E-state index in [1.165, 1.54) is 12.1 Å². The van der Waals surface area contributed by atoms with E-state index < -0.39 is 10.0 Å². The van der Waals surface area contributed by atoms with Crippen molar-refractivity contribution in [1.82, 2.24) is 4.90 Å². The maximum absolute atomic E-state index is 12.7. The molecule has 1 saturated heterocycles. The van der Waals surface area contributed by atoms with Crippen molar-refractivity contribution in [1.29, 1.82) is 0 Å². The van der Waals surface area contributed by atoms with Crippen molar-refractivity contribution < 1.29 is 27.4 Å². The average molecular weight is 390 g/mol. The average Bonchev–Trinajstić information content (AvgIpc) is 3.16. The highest BCUT2D eigenvalue weighted by Crippen LogP contribution is 2.34. The Kier molecular flexibility index (Phi) is 4.63. The van der Waals surface area contributed by atoms with E-state index in [1.807, 2.05) is 0 Å². The van der Waals surface area contributed by atoms with E-state index >= 15 is 0 Å². The minimum Gasteiger partial charge on any atom is -0.454 e. The van der Waals surface area contributed by atoms with Crippen LogP contribution in [0.3, 0.4) is 0 Å². The number of carbonyl (C=O) groups is 1. The molecule has 1 N–H and O–H groups in total. The van der Waals surface area contributed by atoms with Gasteiger partial charge in [-0.1, -0.05) is 6.07 Å². The molecule has 0 spiro atoms. The number of ether oxygens (including phenoxy) is 3. The Hall–Kier alpha value is -2.78. The lowest BCUT2D eigenvalue weighted by Crippen LogP contribution is -2.40. The van der Waals surface area contributed by atoms with E-state index in [4.69, 9.17) is 14.2 Å². The maximum Gasteiger partial charge on any atom is 0.261 e. The molecule has 8 nitrogen and oxygen atoms in total. The lowest BCUT2D eigenvalue weighted by Gasteiger charge is -2.27. The van der Waals surface area contributed by atoms with E-state index in [9.17, 15) is 13.2 Å². The first-order chi connectivity index (χ1) is 13.0. The second-order valence-corrected chi connectivity index (χ2v) is 7.79. The Morgan fingerprint density at radius 3 is 2.59 bits per heavy atom. The van der Waals surface area contributed by atoms with Gasteiger partial charge in [-0.15, -0.1) is 0 Å². The molecular formula is C18H18N2O6S. The molecule has 2 aromatic rings. The predicted octanol–water partition coefficient (Wildman–Crippen LogP) is 1.69. The second-order valence-electron chi connectivity index (χ2n) is 6.11. The van der Waals surface area contributed by atoms with Crippen molar-refractivity contribution in [3.8, 4) is 11.5 Å². The highest BCUT2D eigenvalue weighted by atomic mass is 32.2. The fourth-order valence-corrected chi connectivity index (χ4v) is 4.01. The van der Waals surface area contributed by atoms with Crippen LogP contribution in [-0.2, 0) is 14.8 Å². The van der Waals surface area contributed by atoms with Crippen LogP contribution in [0.5, 0.6) is 11.5 Å². The Balaban J connectivity index is 1.55. The van der Waals surface area contributed by atoms with Gasteiger partial charge in [0.1, 0.15) is 0 Å². The topological polar surface area (TPSA) is 94.2 Å². The number of benzene rings is 2. The zero-order valence-electron chi connectivity index (χ0n) is 14.4. The highest BCUT2D eigenvalue weighted by Gasteiger charge is 2.22. The minimum absolute atomic E-state index is 0.0132. The molecule has 0 atom stereocenters. The van der Waals surface area contributed by atoms with Crippen molar-refractivity contribution in [2.75, 3.05) is 37.8 Å². The summed E-state index contributed by atoms with van der Waals surface area (Å²) >= 11 is 0. The van der Waals surface area contributed by atoms with Gasteiger partial charge in [0.2, 0.25) is 6.79 Å².